The van der Waals surface area contributed by atoms with E-state index in [1.54, 1.807) is 0 Å². The minimum Gasteiger partial charge on any atom is -0.405 e. The molecule has 1 aromatic rings. The van der Waals surface area contributed by atoms with Crippen molar-refractivity contribution in [1.29, 1.82) is 0 Å². The zero-order valence-corrected chi connectivity index (χ0v) is 15.4. The van der Waals surface area contributed by atoms with Crippen LogP contribution >= 0.6 is 12.8 Å². The smallest absolute Gasteiger partial charge is 0.00928 e. The summed E-state index contributed by atoms with van der Waals surface area (Å²) in [5.74, 6) is 0.754. The first-order valence-corrected chi connectivity index (χ1v) is 9.07. The van der Waals surface area contributed by atoms with E-state index >= 15 is 0 Å². The van der Waals surface area contributed by atoms with Crippen LogP contribution in [-0.4, -0.2) is 42.4 Å². The Balaban J connectivity index is 0.000000223. The van der Waals surface area contributed by atoms with Gasteiger partial charge in [0.15, 0.2) is 0 Å². The van der Waals surface area contributed by atoms with Crippen LogP contribution in [0.15, 0.2) is 43.1 Å². The van der Waals surface area contributed by atoms with E-state index in [0.29, 0.717) is 0 Å². The van der Waals surface area contributed by atoms with E-state index in [2.05, 4.69) is 71.7 Å². The Labute approximate surface area is 148 Å². The van der Waals surface area contributed by atoms with Gasteiger partial charge in [0.05, 0.1) is 0 Å². The van der Waals surface area contributed by atoms with Crippen molar-refractivity contribution in [3.63, 3.8) is 0 Å². The van der Waals surface area contributed by atoms with Gasteiger partial charge in [-0.25, -0.2) is 0 Å². The average molecular weight is 336 g/mol. The molecule has 130 valence electrons. The molecule has 2 aliphatic heterocycles. The van der Waals surface area contributed by atoms with Crippen LogP contribution in [0.1, 0.15) is 43.6 Å². The minimum absolute atomic E-state index is 0.754. The molecular weight excluding hydrogens is 302 g/mol. The third kappa shape index (κ3) is 9.04. The van der Waals surface area contributed by atoms with Gasteiger partial charge in [0.25, 0.3) is 0 Å². The molecule has 0 amide bonds. The Kier molecular flexibility index (Phi) is 10.9. The van der Waals surface area contributed by atoms with Gasteiger partial charge in [-0.3, -0.25) is 4.31 Å². The van der Waals surface area contributed by atoms with Crippen LogP contribution in [0, 0.1) is 0 Å². The average Bonchev–Trinajstić information content (AvgIpc) is 2.58. The molecule has 0 radical (unpaired) electrons. The Morgan fingerprint density at radius 1 is 1.04 bits per heavy atom. The van der Waals surface area contributed by atoms with Crippen LogP contribution in [0.3, 0.4) is 0 Å². The number of benzene rings is 1. The second-order valence-electron chi connectivity index (χ2n) is 6.24. The summed E-state index contributed by atoms with van der Waals surface area (Å²) in [6.45, 7) is 8.01. The van der Waals surface area contributed by atoms with Gasteiger partial charge in [0.1, 0.15) is 0 Å². The topological polar surface area (TPSA) is 32.5 Å². The van der Waals surface area contributed by atoms with Crippen molar-refractivity contribution in [2.75, 3.05) is 33.2 Å². The van der Waals surface area contributed by atoms with Crippen LogP contribution in [0.25, 0.3) is 0 Å². The summed E-state index contributed by atoms with van der Waals surface area (Å²) in [6, 6.07) is 10.8. The van der Waals surface area contributed by atoms with Crippen LogP contribution in [0.2, 0.25) is 0 Å². The monoisotopic (exact) mass is 335 g/mol. The van der Waals surface area contributed by atoms with Gasteiger partial charge in [-0.2, -0.15) is 0 Å². The summed E-state index contributed by atoms with van der Waals surface area (Å²) in [6.07, 6.45) is 8.01. The van der Waals surface area contributed by atoms with Crippen molar-refractivity contribution in [3.8, 4) is 0 Å². The summed E-state index contributed by atoms with van der Waals surface area (Å²) in [5, 5.41) is 0. The Hall–Kier alpha value is -0.970. The van der Waals surface area contributed by atoms with E-state index in [4.69, 9.17) is 0 Å². The Morgan fingerprint density at radius 3 is 2.00 bits per heavy atom. The van der Waals surface area contributed by atoms with Crippen molar-refractivity contribution in [2.24, 2.45) is 5.73 Å². The van der Waals surface area contributed by atoms with Crippen molar-refractivity contribution in [2.45, 2.75) is 38.0 Å². The lowest BCUT2D eigenvalue weighted by molar-refractivity contribution is 0.277. The molecule has 0 aromatic heterocycles. The molecule has 4 heteroatoms. The number of hydrogen-bond acceptors (Lipinski definition) is 4. The summed E-state index contributed by atoms with van der Waals surface area (Å²) in [5.41, 5.74) is 6.10. The maximum Gasteiger partial charge on any atom is 0.00928 e. The van der Waals surface area contributed by atoms with E-state index in [0.717, 1.165) is 19.0 Å². The fourth-order valence-electron chi connectivity index (χ4n) is 2.98. The minimum atomic E-state index is 0.754. The highest BCUT2D eigenvalue weighted by atomic mass is 32.1. The van der Waals surface area contributed by atoms with Crippen LogP contribution < -0.4 is 5.73 Å². The molecule has 2 saturated heterocycles. The van der Waals surface area contributed by atoms with E-state index in [9.17, 15) is 0 Å². The van der Waals surface area contributed by atoms with Crippen LogP contribution in [-0.2, 0) is 0 Å². The van der Waals surface area contributed by atoms with Crippen molar-refractivity contribution < 1.29 is 0 Å². The fourth-order valence-corrected chi connectivity index (χ4v) is 3.21. The van der Waals surface area contributed by atoms with E-state index in [-0.39, 0.29) is 0 Å². The van der Waals surface area contributed by atoms with Crippen molar-refractivity contribution >= 4 is 12.8 Å². The van der Waals surface area contributed by atoms with E-state index in [1.807, 2.05) is 0 Å². The molecule has 0 atom stereocenters. The van der Waals surface area contributed by atoms with Crippen LogP contribution in [0.4, 0.5) is 0 Å². The van der Waals surface area contributed by atoms with E-state index < -0.39 is 0 Å². The highest BCUT2D eigenvalue weighted by Gasteiger charge is 2.17. The van der Waals surface area contributed by atoms with Crippen LogP contribution in [0.5, 0.6) is 0 Å². The van der Waals surface area contributed by atoms with Gasteiger partial charge in [0, 0.05) is 13.1 Å². The second kappa shape index (κ2) is 12.5. The summed E-state index contributed by atoms with van der Waals surface area (Å²) >= 11 is 4.35. The quantitative estimate of drug-likeness (QED) is 0.764. The highest BCUT2D eigenvalue weighted by molar-refractivity contribution is 7.77. The molecule has 3 nitrogen and oxygen atoms in total. The lowest BCUT2D eigenvalue weighted by Crippen LogP contribution is -2.25. The molecule has 0 aliphatic carbocycles. The lowest BCUT2D eigenvalue weighted by atomic mass is 9.90. The first-order valence-electron chi connectivity index (χ1n) is 8.67. The number of likely N-dealkylation sites (tertiary alicyclic amines) is 1. The number of thiol groups is 1. The molecular formula is C19H33N3S. The maximum absolute atomic E-state index is 4.61. The molecule has 2 N–H and O–H groups in total. The van der Waals surface area contributed by atoms with Crippen molar-refractivity contribution in [1.82, 2.24) is 9.21 Å². The first-order chi connectivity index (χ1) is 11.2. The van der Waals surface area contributed by atoms with Gasteiger partial charge < -0.3 is 10.6 Å². The third-order valence-corrected chi connectivity index (χ3v) is 4.72. The fraction of sp³-hybridized carbons (Fsp3) is 0.579. The molecule has 1 aromatic carbocycles. The van der Waals surface area contributed by atoms with Gasteiger partial charge in [-0.1, -0.05) is 56.1 Å². The largest absolute Gasteiger partial charge is 0.405 e. The maximum atomic E-state index is 4.61. The van der Waals surface area contributed by atoms with Gasteiger partial charge in [0.2, 0.25) is 0 Å². The van der Waals surface area contributed by atoms with Crippen molar-refractivity contribution in [3.05, 3.63) is 48.7 Å². The SMILES string of the molecule is C=CN.CN1CCCCC1.SN1CCC(c2ccccc2)CC1. The molecule has 23 heavy (non-hydrogen) atoms. The third-order valence-electron chi connectivity index (χ3n) is 4.32. The summed E-state index contributed by atoms with van der Waals surface area (Å²) in [4.78, 5) is 2.39. The van der Waals surface area contributed by atoms with Gasteiger partial charge in [-0.15, -0.1) is 0 Å². The number of nitrogens with zero attached hydrogens (tertiary/aromatic N) is 2. The molecule has 0 spiro atoms. The Bertz CT molecular complexity index is 396. The number of piperidine rings is 2. The number of hydrogen-bond donors (Lipinski definition) is 2. The Morgan fingerprint density at radius 2 is 1.57 bits per heavy atom. The normalized spacial score (nSPS) is 19.7. The second-order valence-corrected chi connectivity index (χ2v) is 6.80. The summed E-state index contributed by atoms with van der Waals surface area (Å²) < 4.78 is 2.11. The molecule has 0 unspecified atom stereocenters. The predicted molar refractivity (Wildman–Crippen MR) is 105 cm³/mol. The molecule has 2 fully saturated rings. The van der Waals surface area contributed by atoms with Gasteiger partial charge >= 0.3 is 0 Å². The first kappa shape index (κ1) is 20.1. The zero-order chi connectivity index (χ0) is 16.9. The number of nitrogens with two attached hydrogens (primary N) is 1. The molecule has 2 heterocycles. The molecule has 0 saturated carbocycles. The van der Waals surface area contributed by atoms with E-state index in [1.165, 1.54) is 57.0 Å². The lowest BCUT2D eigenvalue weighted by Gasteiger charge is -2.28. The summed E-state index contributed by atoms with van der Waals surface area (Å²) in [7, 11) is 2.19. The number of rotatable bonds is 1. The molecule has 0 bridgehead atoms. The highest BCUT2D eigenvalue weighted by Crippen LogP contribution is 2.27. The predicted octanol–water partition coefficient (Wildman–Crippen LogP) is 3.90. The zero-order valence-electron chi connectivity index (χ0n) is 14.5. The molecule has 2 aliphatic rings. The standard InChI is InChI=1S/C11H15NS.C6H13N.C2H5N/c13-12-8-6-11(7-9-12)10-4-2-1-3-5-10;1-7-5-3-2-4-6-7;1-2-3/h1-5,11,13H,6-9H2;2-6H2,1H3;2H,1,3H2. The van der Waals surface area contributed by atoms with Gasteiger partial charge in [-0.05, 0) is 63.5 Å². The molecule has 3 rings (SSSR count).